The number of anilines is 2. The molecule has 0 spiro atoms. The van der Waals surface area contributed by atoms with E-state index in [-0.39, 0.29) is 11.5 Å². The van der Waals surface area contributed by atoms with E-state index in [0.717, 1.165) is 55.7 Å². The highest BCUT2D eigenvalue weighted by Crippen LogP contribution is 2.40. The van der Waals surface area contributed by atoms with Gasteiger partial charge in [-0.1, -0.05) is 31.5 Å². The Morgan fingerprint density at radius 2 is 1.70 bits per heavy atom. The highest BCUT2D eigenvalue weighted by atomic mass is 35.5. The smallest absolute Gasteiger partial charge is 0.256 e. The van der Waals surface area contributed by atoms with Crippen molar-refractivity contribution < 1.29 is 18.9 Å². The topological polar surface area (TPSA) is 139 Å². The van der Waals surface area contributed by atoms with E-state index in [4.69, 9.17) is 35.6 Å². The average molecular weight is 707 g/mol. The summed E-state index contributed by atoms with van der Waals surface area (Å²) in [4.78, 5) is 12.1. The number of nitrogens with one attached hydrogen (secondary N) is 1. The van der Waals surface area contributed by atoms with E-state index in [1.165, 1.54) is 12.8 Å². The normalized spacial score (nSPS) is 23.1. The lowest BCUT2D eigenvalue weighted by Crippen LogP contribution is -2.52. The zero-order chi connectivity index (χ0) is 34.7. The van der Waals surface area contributed by atoms with Gasteiger partial charge in [-0.15, -0.1) is 10.2 Å². The van der Waals surface area contributed by atoms with E-state index < -0.39 is 0 Å². The van der Waals surface area contributed by atoms with Crippen LogP contribution < -0.4 is 14.8 Å². The molecule has 0 amide bonds. The van der Waals surface area contributed by atoms with Gasteiger partial charge in [-0.2, -0.15) is 0 Å². The summed E-state index contributed by atoms with van der Waals surface area (Å²) in [6.07, 6.45) is 13.9. The molecule has 268 valence electrons. The van der Waals surface area contributed by atoms with E-state index in [9.17, 15) is 0 Å². The number of morpholine rings is 1. The van der Waals surface area contributed by atoms with Gasteiger partial charge in [0.15, 0.2) is 0 Å². The van der Waals surface area contributed by atoms with Gasteiger partial charge >= 0.3 is 0 Å². The first-order chi connectivity index (χ1) is 24.2. The summed E-state index contributed by atoms with van der Waals surface area (Å²) in [5.74, 6) is 1.54. The van der Waals surface area contributed by atoms with E-state index in [1.54, 1.807) is 30.5 Å². The minimum atomic E-state index is -0.207. The van der Waals surface area contributed by atoms with Crippen molar-refractivity contribution in [3.05, 3.63) is 48.1 Å². The summed E-state index contributed by atoms with van der Waals surface area (Å²) in [6.45, 7) is 9.44. The SMILES string of the molecule is COCC(C)(C)COc1nn(C2CCC(N3[C@@H]4CC[C@H]3COC4)CC2)cc1Nc1ncc(-c2ccc(Cl)c(OC(C)Cn3cnnn3)c2)cn1. The first kappa shape index (κ1) is 34.6. The van der Waals surface area contributed by atoms with Crippen molar-refractivity contribution in [3.63, 3.8) is 0 Å². The van der Waals surface area contributed by atoms with Crippen molar-refractivity contribution in [2.45, 2.75) is 96.1 Å². The van der Waals surface area contributed by atoms with E-state index in [0.29, 0.717) is 66.5 Å². The largest absolute Gasteiger partial charge is 0.487 e. The second kappa shape index (κ2) is 15.2. The van der Waals surface area contributed by atoms with Gasteiger partial charge in [-0.25, -0.2) is 14.6 Å². The highest BCUT2D eigenvalue weighted by molar-refractivity contribution is 6.32. The minimum Gasteiger partial charge on any atom is -0.487 e. The molecule has 1 aromatic carbocycles. The van der Waals surface area contributed by atoms with Crippen LogP contribution in [0, 0.1) is 5.41 Å². The lowest BCUT2D eigenvalue weighted by Gasteiger charge is -2.43. The maximum Gasteiger partial charge on any atom is 0.256 e. The highest BCUT2D eigenvalue weighted by Gasteiger charge is 2.42. The number of benzene rings is 1. The first-order valence-electron chi connectivity index (χ1n) is 17.6. The lowest BCUT2D eigenvalue weighted by molar-refractivity contribution is -0.0458. The summed E-state index contributed by atoms with van der Waals surface area (Å²) in [5, 5.41) is 20.1. The monoisotopic (exact) mass is 706 g/mol. The molecule has 50 heavy (non-hydrogen) atoms. The third-order valence-electron chi connectivity index (χ3n) is 9.92. The Morgan fingerprint density at radius 1 is 0.980 bits per heavy atom. The summed E-state index contributed by atoms with van der Waals surface area (Å²) in [5.41, 5.74) is 2.25. The third kappa shape index (κ3) is 8.03. The van der Waals surface area contributed by atoms with Crippen LogP contribution in [0.2, 0.25) is 5.02 Å². The van der Waals surface area contributed by atoms with E-state index in [1.807, 2.05) is 31.3 Å². The first-order valence-corrected chi connectivity index (χ1v) is 17.9. The molecule has 2 bridgehead atoms. The quantitative estimate of drug-likeness (QED) is 0.175. The Bertz CT molecular complexity index is 1680. The molecule has 7 rings (SSSR count). The molecule has 1 unspecified atom stereocenters. The van der Waals surface area contributed by atoms with Crippen LogP contribution >= 0.6 is 11.6 Å². The summed E-state index contributed by atoms with van der Waals surface area (Å²) < 4.78 is 27.4. The number of ether oxygens (including phenoxy) is 4. The van der Waals surface area contributed by atoms with Crippen molar-refractivity contribution in [1.82, 2.24) is 44.9 Å². The number of rotatable bonds is 14. The van der Waals surface area contributed by atoms with Gasteiger partial charge in [-0.3, -0.25) is 9.58 Å². The Morgan fingerprint density at radius 3 is 2.40 bits per heavy atom. The zero-order valence-corrected chi connectivity index (χ0v) is 30.0. The summed E-state index contributed by atoms with van der Waals surface area (Å²) >= 11 is 6.48. The number of methoxy groups -OCH3 is 1. The second-order valence-electron chi connectivity index (χ2n) is 14.6. The van der Waals surface area contributed by atoms with Crippen LogP contribution in [0.5, 0.6) is 11.6 Å². The number of aromatic nitrogens is 8. The van der Waals surface area contributed by atoms with Gasteiger partial charge in [0.05, 0.1) is 50.2 Å². The van der Waals surface area contributed by atoms with Crippen molar-refractivity contribution in [3.8, 4) is 22.8 Å². The number of halogens is 1. The Labute approximate surface area is 297 Å². The molecule has 2 saturated heterocycles. The molecule has 5 heterocycles. The molecule has 3 atom stereocenters. The molecule has 1 N–H and O–H groups in total. The molecule has 14 nitrogen and oxygen atoms in total. The summed E-state index contributed by atoms with van der Waals surface area (Å²) in [7, 11) is 1.71. The molecule has 1 aliphatic carbocycles. The molecule has 15 heteroatoms. The standard InChI is InChI=1S/C35H47ClN10O4/c1-23(16-44-22-39-42-43-44)50-32-13-24(5-12-30(32)36)25-14-37-34(38-15-25)40-31-17-45(41-33(31)49-21-35(2,3)20-47-4)26-6-8-27(9-7-26)46-28-10-11-29(46)19-48-18-28/h5,12-15,17,22-23,26-29H,6-11,16,18-21H2,1-4H3,(H,37,38,40)/t23?,26?,27?,28-,29+. The molecule has 2 aliphatic heterocycles. The molecule has 1 saturated carbocycles. The molecular formula is C35H47ClN10O4. The Balaban J connectivity index is 1.04. The maximum atomic E-state index is 6.48. The zero-order valence-electron chi connectivity index (χ0n) is 29.2. The fourth-order valence-electron chi connectivity index (χ4n) is 7.54. The van der Waals surface area contributed by atoms with Crippen LogP contribution in [-0.2, 0) is 16.0 Å². The van der Waals surface area contributed by atoms with Crippen LogP contribution in [-0.4, -0.2) is 103 Å². The van der Waals surface area contributed by atoms with Gasteiger partial charge in [0.1, 0.15) is 23.9 Å². The number of fused-ring (bicyclic) bond motifs is 2. The van der Waals surface area contributed by atoms with Crippen LogP contribution in [0.4, 0.5) is 11.6 Å². The molecular weight excluding hydrogens is 660 g/mol. The molecule has 3 fully saturated rings. The third-order valence-corrected chi connectivity index (χ3v) is 10.2. The van der Waals surface area contributed by atoms with Crippen molar-refractivity contribution in [2.75, 3.05) is 38.9 Å². The molecule has 4 aromatic rings. The second-order valence-corrected chi connectivity index (χ2v) is 15.0. The number of hydrogen-bond donors (Lipinski definition) is 1. The number of hydrogen-bond acceptors (Lipinski definition) is 12. The number of nitrogens with zero attached hydrogens (tertiary/aromatic N) is 9. The predicted octanol–water partition coefficient (Wildman–Crippen LogP) is 5.59. The Hall–Kier alpha value is -3.85. The minimum absolute atomic E-state index is 0.184. The lowest BCUT2D eigenvalue weighted by atomic mass is 9.89. The molecule has 0 radical (unpaired) electrons. The fourth-order valence-corrected chi connectivity index (χ4v) is 7.71. The van der Waals surface area contributed by atoms with Crippen molar-refractivity contribution in [2.24, 2.45) is 5.41 Å². The Kier molecular flexibility index (Phi) is 10.5. The van der Waals surface area contributed by atoms with Gasteiger partial charge < -0.3 is 24.3 Å². The average Bonchev–Trinajstić information content (AvgIpc) is 3.83. The van der Waals surface area contributed by atoms with Crippen LogP contribution in [0.15, 0.2) is 43.1 Å². The van der Waals surface area contributed by atoms with Crippen LogP contribution in [0.25, 0.3) is 11.1 Å². The maximum absolute atomic E-state index is 6.48. The van der Waals surface area contributed by atoms with Crippen molar-refractivity contribution in [1.29, 1.82) is 0 Å². The van der Waals surface area contributed by atoms with Crippen LogP contribution in [0.3, 0.4) is 0 Å². The van der Waals surface area contributed by atoms with E-state index in [2.05, 4.69) is 54.2 Å². The van der Waals surface area contributed by atoms with Gasteiger partial charge in [0.2, 0.25) is 5.95 Å². The fraction of sp³-hybridized carbons (Fsp3) is 0.600. The summed E-state index contributed by atoms with van der Waals surface area (Å²) in [6, 6.07) is 7.72. The molecule has 3 aromatic heterocycles. The van der Waals surface area contributed by atoms with Gasteiger partial charge in [0.25, 0.3) is 5.88 Å². The predicted molar refractivity (Wildman–Crippen MR) is 188 cm³/mol. The van der Waals surface area contributed by atoms with Gasteiger partial charge in [0, 0.05) is 48.6 Å². The van der Waals surface area contributed by atoms with Crippen molar-refractivity contribution >= 4 is 23.2 Å². The van der Waals surface area contributed by atoms with Crippen LogP contribution in [0.1, 0.15) is 65.3 Å². The number of tetrazole rings is 1. The van der Waals surface area contributed by atoms with E-state index >= 15 is 0 Å². The van der Waals surface area contributed by atoms with Gasteiger partial charge in [-0.05, 0) is 73.6 Å². The molecule has 3 aliphatic rings.